The minimum absolute atomic E-state index is 0.0158. The van der Waals surface area contributed by atoms with Crippen LogP contribution in [0.3, 0.4) is 0 Å². The first-order valence-corrected chi connectivity index (χ1v) is 11.9. The molecule has 0 aliphatic carbocycles. The summed E-state index contributed by atoms with van der Waals surface area (Å²) < 4.78 is 81.3. The Hall–Kier alpha value is -3.22. The van der Waals surface area contributed by atoms with E-state index in [1.807, 2.05) is 6.92 Å². The van der Waals surface area contributed by atoms with E-state index in [-0.39, 0.29) is 22.0 Å². The Morgan fingerprint density at radius 3 is 2.38 bits per heavy atom. The summed E-state index contributed by atoms with van der Waals surface area (Å²) in [6, 6.07) is 4.01. The fraction of sp³-hybridized carbons (Fsp3) is 0.381. The van der Waals surface area contributed by atoms with Gasteiger partial charge in [-0.05, 0) is 24.6 Å². The van der Waals surface area contributed by atoms with Gasteiger partial charge >= 0.3 is 12.3 Å². The minimum Gasteiger partial charge on any atom is -0.470 e. The van der Waals surface area contributed by atoms with Crippen LogP contribution in [0.1, 0.15) is 38.2 Å². The summed E-state index contributed by atoms with van der Waals surface area (Å²) in [6.07, 6.45) is 1.52. The Morgan fingerprint density at radius 1 is 1.12 bits per heavy atom. The zero-order valence-corrected chi connectivity index (χ0v) is 19.1. The van der Waals surface area contributed by atoms with Gasteiger partial charge in [0.1, 0.15) is 11.4 Å². The summed E-state index contributed by atoms with van der Waals surface area (Å²) in [4.78, 5) is 12.8. The quantitative estimate of drug-likeness (QED) is 0.482. The highest BCUT2D eigenvalue weighted by Crippen LogP contribution is 2.31. The molecule has 0 bridgehead atoms. The number of aliphatic imine (C=N–C) groups is 1. The third-order valence-electron chi connectivity index (χ3n) is 4.82. The number of alkyl halides is 4. The van der Waals surface area contributed by atoms with Crippen LogP contribution in [0.25, 0.3) is 5.70 Å². The fourth-order valence-electron chi connectivity index (χ4n) is 2.89. The van der Waals surface area contributed by atoms with Gasteiger partial charge in [0.15, 0.2) is 22.3 Å². The van der Waals surface area contributed by atoms with Crippen molar-refractivity contribution < 1.29 is 30.7 Å². The van der Waals surface area contributed by atoms with Gasteiger partial charge in [0, 0.05) is 24.9 Å². The van der Waals surface area contributed by atoms with Crippen molar-refractivity contribution in [2.24, 2.45) is 4.99 Å². The van der Waals surface area contributed by atoms with E-state index in [1.165, 1.54) is 31.5 Å². The predicted octanol–water partition coefficient (Wildman–Crippen LogP) is 3.88. The van der Waals surface area contributed by atoms with Crippen LogP contribution in [0.4, 0.5) is 17.6 Å². The van der Waals surface area contributed by atoms with Crippen molar-refractivity contribution in [3.05, 3.63) is 58.7 Å². The number of nitrogens with zero attached hydrogens (tertiary/aromatic N) is 5. The van der Waals surface area contributed by atoms with Crippen LogP contribution in [0.5, 0.6) is 5.88 Å². The van der Waals surface area contributed by atoms with Gasteiger partial charge < -0.3 is 4.74 Å². The molecular formula is C21H21F4N5O3S. The molecule has 0 spiro atoms. The predicted molar refractivity (Wildman–Crippen MR) is 116 cm³/mol. The minimum atomic E-state index is -4.36. The molecule has 1 aliphatic heterocycles. The number of halogens is 4. The lowest BCUT2D eigenvalue weighted by Gasteiger charge is -2.15. The molecule has 0 saturated heterocycles. The molecule has 34 heavy (non-hydrogen) atoms. The van der Waals surface area contributed by atoms with E-state index < -0.39 is 34.7 Å². The molecule has 0 unspecified atom stereocenters. The third kappa shape index (κ3) is 5.82. The van der Waals surface area contributed by atoms with Crippen LogP contribution in [0.15, 0.2) is 52.1 Å². The maximum Gasteiger partial charge on any atom is 0.340 e. The zero-order chi connectivity index (χ0) is 24.9. The van der Waals surface area contributed by atoms with Gasteiger partial charge in [0.2, 0.25) is 5.88 Å². The number of hydrogen-bond donors (Lipinski definition) is 0. The molecule has 0 amide bonds. The van der Waals surface area contributed by atoms with Gasteiger partial charge in [-0.1, -0.05) is 19.4 Å². The average Bonchev–Trinajstić information content (AvgIpc) is 3.04. The summed E-state index contributed by atoms with van der Waals surface area (Å²) in [7, 11) is -3.77. The molecule has 8 nitrogen and oxygen atoms in total. The molecule has 0 radical (unpaired) electrons. The van der Waals surface area contributed by atoms with Crippen LogP contribution in [0.2, 0.25) is 0 Å². The SMILES string of the molecule is CCC1=CC(S(=O)(=O)CC)=C(c2ccc(OCC(F)(F)C(F)F)nn2)N=C(c2ncccn2)C1. The second-order valence-electron chi connectivity index (χ2n) is 7.19. The van der Waals surface area contributed by atoms with Gasteiger partial charge in [-0.15, -0.1) is 10.2 Å². The summed E-state index contributed by atoms with van der Waals surface area (Å²) in [5.41, 5.74) is 1.17. The van der Waals surface area contributed by atoms with E-state index in [9.17, 15) is 26.0 Å². The molecule has 2 aromatic heterocycles. The molecule has 1 aliphatic rings. The van der Waals surface area contributed by atoms with Crippen molar-refractivity contribution in [2.45, 2.75) is 39.0 Å². The van der Waals surface area contributed by atoms with Crippen LogP contribution in [-0.4, -0.2) is 59.0 Å². The lowest BCUT2D eigenvalue weighted by molar-refractivity contribution is -0.148. The van der Waals surface area contributed by atoms with Gasteiger partial charge in [-0.3, -0.25) is 0 Å². The van der Waals surface area contributed by atoms with Crippen LogP contribution >= 0.6 is 0 Å². The van der Waals surface area contributed by atoms with Crippen molar-refractivity contribution >= 4 is 21.2 Å². The Labute approximate surface area is 193 Å². The fourth-order valence-corrected chi connectivity index (χ4v) is 3.99. The second kappa shape index (κ2) is 10.4. The molecule has 13 heteroatoms. The van der Waals surface area contributed by atoms with E-state index in [0.29, 0.717) is 24.4 Å². The Kier molecular flexibility index (Phi) is 7.75. The molecule has 0 aromatic carbocycles. The number of ether oxygens (including phenoxy) is 1. The molecule has 0 saturated carbocycles. The van der Waals surface area contributed by atoms with E-state index in [4.69, 9.17) is 0 Å². The normalized spacial score (nSPS) is 15.1. The van der Waals surface area contributed by atoms with Crippen molar-refractivity contribution in [1.29, 1.82) is 0 Å². The van der Waals surface area contributed by atoms with Crippen molar-refractivity contribution in [3.8, 4) is 5.88 Å². The summed E-state index contributed by atoms with van der Waals surface area (Å²) in [5.74, 6) is -4.69. The first-order valence-electron chi connectivity index (χ1n) is 10.2. The standard InChI is InChI=1S/C21H21F4N5O3S/c1-3-13-10-15(19-26-8-5-9-27-19)28-18(16(11-13)34(31,32)4-2)14-6-7-17(30-29-14)33-12-21(24,25)20(22)23/h5-9,11,20H,3-4,10,12H2,1-2H3. The third-order valence-corrected chi connectivity index (χ3v) is 6.56. The highest BCUT2D eigenvalue weighted by atomic mass is 32.2. The van der Waals surface area contributed by atoms with Crippen molar-refractivity contribution in [1.82, 2.24) is 20.2 Å². The van der Waals surface area contributed by atoms with Crippen molar-refractivity contribution in [2.75, 3.05) is 12.4 Å². The number of hydrogen-bond acceptors (Lipinski definition) is 8. The molecule has 2 aromatic rings. The Morgan fingerprint density at radius 2 is 1.82 bits per heavy atom. The summed E-state index contributed by atoms with van der Waals surface area (Å²) in [6.45, 7) is 1.77. The zero-order valence-electron chi connectivity index (χ0n) is 18.3. The topological polar surface area (TPSA) is 107 Å². The number of aromatic nitrogens is 4. The van der Waals surface area contributed by atoms with Gasteiger partial charge in [-0.25, -0.2) is 32.2 Å². The van der Waals surface area contributed by atoms with Crippen LogP contribution in [0, 0.1) is 0 Å². The number of sulfone groups is 1. The highest BCUT2D eigenvalue weighted by molar-refractivity contribution is 7.95. The maximum atomic E-state index is 13.1. The molecule has 3 heterocycles. The van der Waals surface area contributed by atoms with Crippen molar-refractivity contribution in [3.63, 3.8) is 0 Å². The number of rotatable bonds is 9. The summed E-state index contributed by atoms with van der Waals surface area (Å²) >= 11 is 0. The number of allylic oxidation sites excluding steroid dienone is 2. The monoisotopic (exact) mass is 499 g/mol. The van der Waals surface area contributed by atoms with Gasteiger partial charge in [-0.2, -0.15) is 8.78 Å². The van der Waals surface area contributed by atoms with E-state index >= 15 is 0 Å². The molecular weight excluding hydrogens is 478 g/mol. The second-order valence-corrected chi connectivity index (χ2v) is 9.43. The highest BCUT2D eigenvalue weighted by Gasteiger charge is 2.42. The first kappa shape index (κ1) is 25.4. The molecule has 0 fully saturated rings. The van der Waals surface area contributed by atoms with Crippen LogP contribution < -0.4 is 4.74 Å². The Balaban J connectivity index is 2.09. The molecule has 0 atom stereocenters. The van der Waals surface area contributed by atoms with E-state index in [1.54, 1.807) is 6.07 Å². The van der Waals surface area contributed by atoms with Crippen LogP contribution in [-0.2, 0) is 9.84 Å². The smallest absolute Gasteiger partial charge is 0.340 e. The lowest BCUT2D eigenvalue weighted by atomic mass is 10.1. The molecule has 3 rings (SSSR count). The Bertz CT molecular complexity index is 1210. The lowest BCUT2D eigenvalue weighted by Crippen LogP contribution is -2.33. The van der Waals surface area contributed by atoms with Gasteiger partial charge in [0.25, 0.3) is 0 Å². The molecule has 182 valence electrons. The van der Waals surface area contributed by atoms with E-state index in [0.717, 1.165) is 11.6 Å². The summed E-state index contributed by atoms with van der Waals surface area (Å²) in [5, 5.41) is 7.49. The average molecular weight is 499 g/mol. The van der Waals surface area contributed by atoms with Gasteiger partial charge in [0.05, 0.1) is 16.4 Å². The first-order chi connectivity index (χ1) is 16.1. The maximum absolute atomic E-state index is 13.1. The van der Waals surface area contributed by atoms with E-state index in [2.05, 4.69) is 29.9 Å². The largest absolute Gasteiger partial charge is 0.470 e. The molecule has 0 N–H and O–H groups in total.